The average molecular weight is 651 g/mol. The maximum Gasteiger partial charge on any atom is 0.294 e. The highest BCUT2D eigenvalue weighted by atomic mass is 17.0. The number of aliphatic hydroxyl groups is 4. The van der Waals surface area contributed by atoms with Gasteiger partial charge in [0, 0.05) is 37.5 Å². The quantitative estimate of drug-likeness (QED) is 0.104. The molecule has 1 fully saturated rings. The van der Waals surface area contributed by atoms with Gasteiger partial charge < -0.3 is 35.2 Å². The molecule has 0 spiro atoms. The lowest BCUT2D eigenvalue weighted by atomic mass is 9.54. The Balaban J connectivity index is 1.74. The van der Waals surface area contributed by atoms with Crippen molar-refractivity contribution in [2.45, 2.75) is 37.0 Å². The lowest BCUT2D eigenvalue weighted by Gasteiger charge is -2.53. The molecule has 250 valence electrons. The predicted octanol–water partition coefficient (Wildman–Crippen LogP) is -0.312. The zero-order valence-electron chi connectivity index (χ0n) is 25.1. The van der Waals surface area contributed by atoms with E-state index in [0.717, 1.165) is 0 Å². The topological polar surface area (TPSA) is 264 Å². The summed E-state index contributed by atoms with van der Waals surface area (Å²) in [5, 5.41) is 75.8. The number of hydrogen-bond acceptors (Lipinski definition) is 16. The van der Waals surface area contributed by atoms with Crippen LogP contribution in [0.5, 0.6) is 5.75 Å². The Morgan fingerprint density at radius 1 is 1.02 bits per heavy atom. The minimum Gasteiger partial charge on any atom is -0.508 e. The molecule has 46 heavy (non-hydrogen) atoms. The van der Waals surface area contributed by atoms with E-state index in [1.807, 2.05) is 0 Å². The van der Waals surface area contributed by atoms with Crippen LogP contribution in [0.25, 0.3) is 5.76 Å². The molecule has 1 saturated carbocycles. The Morgan fingerprint density at radius 2 is 1.61 bits per heavy atom. The summed E-state index contributed by atoms with van der Waals surface area (Å²) in [4.78, 5) is 73.7. The highest BCUT2D eigenvalue weighted by Gasteiger charge is 2.68. The van der Waals surface area contributed by atoms with Crippen LogP contribution in [0.3, 0.4) is 0 Å². The molecule has 6 atom stereocenters. The highest BCUT2D eigenvalue weighted by Crippen LogP contribution is 2.56. The summed E-state index contributed by atoms with van der Waals surface area (Å²) in [5.41, 5.74) is -4.15. The molecular weight excluding hydrogens is 616 g/mol. The van der Waals surface area contributed by atoms with Gasteiger partial charge in [-0.1, -0.05) is 19.1 Å². The number of hydrogen-bond donors (Lipinski definition) is 5. The fourth-order valence-electron chi connectivity index (χ4n) is 6.82. The van der Waals surface area contributed by atoms with Crippen molar-refractivity contribution in [2.24, 2.45) is 11.8 Å². The fourth-order valence-corrected chi connectivity index (χ4v) is 6.82. The first-order valence-electron chi connectivity index (χ1n) is 14.2. The zero-order valence-corrected chi connectivity index (χ0v) is 25.1. The lowest BCUT2D eigenvalue weighted by molar-refractivity contribution is -0.758. The van der Waals surface area contributed by atoms with E-state index in [2.05, 4.69) is 9.68 Å². The van der Waals surface area contributed by atoms with E-state index >= 15 is 0 Å². The molecule has 5 N–H and O–H groups in total. The van der Waals surface area contributed by atoms with Crippen LogP contribution in [0, 0.1) is 32.1 Å². The van der Waals surface area contributed by atoms with E-state index in [1.165, 1.54) is 36.0 Å². The maximum absolute atomic E-state index is 14.2. The number of aromatic hydroxyl groups is 1. The number of benzene rings is 1. The van der Waals surface area contributed by atoms with E-state index in [1.54, 1.807) is 13.0 Å². The van der Waals surface area contributed by atoms with Gasteiger partial charge in [0.25, 0.3) is 10.2 Å². The molecule has 1 aromatic rings. The normalized spacial score (nSPS) is 27.3. The van der Waals surface area contributed by atoms with Crippen molar-refractivity contribution in [3.8, 4) is 5.75 Å². The smallest absolute Gasteiger partial charge is 0.294 e. The van der Waals surface area contributed by atoms with Gasteiger partial charge in [-0.05, 0) is 31.6 Å². The van der Waals surface area contributed by atoms with Crippen molar-refractivity contribution in [1.29, 1.82) is 0 Å². The number of phenolic OH excluding ortho intramolecular Hbond substituents is 1. The monoisotopic (exact) mass is 650 g/mol. The second kappa shape index (κ2) is 13.0. The molecule has 18 heteroatoms. The number of nitrogens with zero attached hydrogens (tertiary/aromatic N) is 4. The number of aliphatic hydroxyl groups excluding tert-OH is 3. The Bertz CT molecular complexity index is 1500. The molecule has 3 aliphatic rings. The first kappa shape index (κ1) is 34.2. The molecule has 0 heterocycles. The van der Waals surface area contributed by atoms with Crippen molar-refractivity contribution in [2.75, 3.05) is 46.9 Å². The first-order chi connectivity index (χ1) is 21.5. The van der Waals surface area contributed by atoms with E-state index in [4.69, 9.17) is 0 Å². The van der Waals surface area contributed by atoms with E-state index in [-0.39, 0.29) is 30.9 Å². The molecule has 1 aromatic carbocycles. The van der Waals surface area contributed by atoms with Gasteiger partial charge in [0.15, 0.2) is 17.2 Å². The number of likely N-dealkylation sites (N-methyl/N-ethyl adjacent to an activating group) is 1. The number of rotatable bonds is 13. The highest BCUT2D eigenvalue weighted by molar-refractivity contribution is 6.25. The van der Waals surface area contributed by atoms with Gasteiger partial charge in [-0.2, -0.15) is 0 Å². The molecule has 18 nitrogen and oxygen atoms in total. The summed E-state index contributed by atoms with van der Waals surface area (Å²) < 4.78 is 0. The zero-order chi connectivity index (χ0) is 34.2. The third-order valence-corrected chi connectivity index (χ3v) is 8.89. The van der Waals surface area contributed by atoms with Crippen molar-refractivity contribution in [1.82, 2.24) is 9.80 Å². The van der Waals surface area contributed by atoms with Crippen LogP contribution in [0.2, 0.25) is 0 Å². The minimum atomic E-state index is -3.05. The van der Waals surface area contributed by atoms with E-state index in [9.17, 15) is 60.1 Å². The molecule has 6 unspecified atom stereocenters. The van der Waals surface area contributed by atoms with Crippen LogP contribution in [-0.4, -0.2) is 128 Å². The van der Waals surface area contributed by atoms with Crippen LogP contribution >= 0.6 is 0 Å². The van der Waals surface area contributed by atoms with Crippen molar-refractivity contribution < 1.29 is 59.8 Å². The minimum absolute atomic E-state index is 0.0955. The average Bonchev–Trinajstić information content (AvgIpc) is 2.97. The van der Waals surface area contributed by atoms with Gasteiger partial charge in [-0.25, -0.2) is 0 Å². The van der Waals surface area contributed by atoms with Gasteiger partial charge in [0.1, 0.15) is 36.1 Å². The summed E-state index contributed by atoms with van der Waals surface area (Å²) in [7, 11) is 2.83. The predicted molar refractivity (Wildman–Crippen MR) is 153 cm³/mol. The summed E-state index contributed by atoms with van der Waals surface area (Å²) >= 11 is 0. The largest absolute Gasteiger partial charge is 0.508 e. The number of Topliss-reactive ketones (excluding diaryl/α,β-unsaturated/α-hetero) is 3. The summed E-state index contributed by atoms with van der Waals surface area (Å²) in [6.45, 7) is 0.0478. The van der Waals surface area contributed by atoms with Crippen molar-refractivity contribution in [3.05, 3.63) is 66.5 Å². The standard InChI is InChI=1S/C28H34N4O14/c1-13-14-5-4-6-15(33)18(14)23(35)20-17(13)24(36)21-22(29(2)3)25(37)19(26(38)28(21,40)27(20)39)16(34)7-8-30(9-11-45-31(41)42)10-12-46-32(43)44/h4-6,13,17,21-22,24,33,35-36,38,40H,7-12H2,1-3H3. The van der Waals surface area contributed by atoms with Gasteiger partial charge in [0.2, 0.25) is 5.78 Å². The first-order valence-corrected chi connectivity index (χ1v) is 14.2. The Labute approximate surface area is 260 Å². The second-order valence-electron chi connectivity index (χ2n) is 11.6. The van der Waals surface area contributed by atoms with E-state index in [0.29, 0.717) is 5.56 Å². The third kappa shape index (κ3) is 5.75. The molecule has 0 aliphatic heterocycles. The van der Waals surface area contributed by atoms with Gasteiger partial charge in [-0.15, -0.1) is 20.2 Å². The molecule has 4 rings (SSSR count). The number of phenols is 1. The summed E-state index contributed by atoms with van der Waals surface area (Å²) in [6.07, 6.45) is -2.27. The molecule has 0 amide bonds. The third-order valence-electron chi connectivity index (χ3n) is 8.89. The van der Waals surface area contributed by atoms with E-state index < -0.39 is 105 Å². The molecule has 0 aromatic heterocycles. The molecule has 3 aliphatic carbocycles. The number of carbonyl (C=O) groups is 3. The van der Waals surface area contributed by atoms with Gasteiger partial charge in [0.05, 0.1) is 23.6 Å². The van der Waals surface area contributed by atoms with Crippen molar-refractivity contribution in [3.63, 3.8) is 0 Å². The molecule has 0 bridgehead atoms. The lowest BCUT2D eigenvalue weighted by Crippen LogP contribution is -2.70. The Hall–Kier alpha value is -4.65. The van der Waals surface area contributed by atoms with Crippen LogP contribution in [0.1, 0.15) is 30.4 Å². The summed E-state index contributed by atoms with van der Waals surface area (Å²) in [5.74, 6) is -9.26. The van der Waals surface area contributed by atoms with Crippen molar-refractivity contribution >= 4 is 23.1 Å². The number of fused-ring (bicyclic) bond motifs is 3. The van der Waals surface area contributed by atoms with Crippen LogP contribution in [0.4, 0.5) is 0 Å². The van der Waals surface area contributed by atoms with Crippen LogP contribution in [0.15, 0.2) is 35.1 Å². The van der Waals surface area contributed by atoms with Crippen LogP contribution < -0.4 is 0 Å². The molecule has 0 saturated heterocycles. The Morgan fingerprint density at radius 3 is 2.15 bits per heavy atom. The number of ketones is 3. The SMILES string of the molecule is CC1c2cccc(O)c2C(O)=C2C(=O)C3(O)C(O)=C(C(=O)CCN(CCO[N+](=O)[O-])CCO[N+](=O)[O-])C(=O)C(N(C)C)C3C(O)C21. The van der Waals surface area contributed by atoms with Gasteiger partial charge in [-0.3, -0.25) is 24.2 Å². The summed E-state index contributed by atoms with van der Waals surface area (Å²) in [6, 6.07) is 2.88. The second-order valence-corrected chi connectivity index (χ2v) is 11.6. The van der Waals surface area contributed by atoms with Gasteiger partial charge >= 0.3 is 0 Å². The number of carbonyl (C=O) groups excluding carboxylic acids is 3. The maximum atomic E-state index is 14.2. The molecular formula is C28H34N4O14. The fraction of sp³-hybridized carbons (Fsp3) is 0.536. The Kier molecular flexibility index (Phi) is 9.67. The molecule has 0 radical (unpaired) electrons. The van der Waals surface area contributed by atoms with Crippen LogP contribution in [-0.2, 0) is 24.1 Å².